The quantitative estimate of drug-likeness (QED) is 0.0351. The van der Waals surface area contributed by atoms with Gasteiger partial charge in [-0.15, -0.1) is 0 Å². The second-order valence-corrected chi connectivity index (χ2v) is 14.9. The minimum atomic E-state index is -0.569. The molecule has 0 saturated carbocycles. The van der Waals surface area contributed by atoms with E-state index < -0.39 is 6.10 Å². The van der Waals surface area contributed by atoms with Crippen molar-refractivity contribution < 1.29 is 23.8 Å². The highest BCUT2D eigenvalue weighted by Crippen LogP contribution is 2.12. The second kappa shape index (κ2) is 46.5. The van der Waals surface area contributed by atoms with Gasteiger partial charge in [-0.1, -0.05) is 189 Å². The molecule has 0 spiro atoms. The van der Waals surface area contributed by atoms with E-state index in [-0.39, 0.29) is 25.2 Å². The highest BCUT2D eigenvalue weighted by Gasteiger charge is 2.17. The number of ether oxygens (including phenoxy) is 3. The number of carbonyl (C=O) groups is 2. The fourth-order valence-electron chi connectivity index (χ4n) is 6.00. The lowest BCUT2D eigenvalue weighted by Crippen LogP contribution is -2.30. The maximum atomic E-state index is 12.7. The van der Waals surface area contributed by atoms with E-state index in [1.54, 1.807) is 0 Å². The Morgan fingerprint density at radius 3 is 1.38 bits per heavy atom. The Balaban J connectivity index is 4.33. The molecule has 0 heterocycles. The van der Waals surface area contributed by atoms with Crippen molar-refractivity contribution in [2.24, 2.45) is 0 Å². The minimum Gasteiger partial charge on any atom is -0.462 e. The van der Waals surface area contributed by atoms with Gasteiger partial charge in [0.05, 0.1) is 6.61 Å². The van der Waals surface area contributed by atoms with Gasteiger partial charge in [0.2, 0.25) is 0 Å². The lowest BCUT2D eigenvalue weighted by molar-refractivity contribution is -0.162. The molecule has 0 aliphatic carbocycles. The van der Waals surface area contributed by atoms with E-state index in [9.17, 15) is 9.59 Å². The van der Waals surface area contributed by atoms with Gasteiger partial charge in [-0.2, -0.15) is 0 Å². The van der Waals surface area contributed by atoms with E-state index in [0.717, 1.165) is 77.0 Å². The molecule has 0 aliphatic heterocycles. The molecule has 0 aromatic carbocycles. The third-order valence-corrected chi connectivity index (χ3v) is 9.43. The number of hydrogen-bond acceptors (Lipinski definition) is 5. The number of esters is 2. The van der Waals surface area contributed by atoms with Gasteiger partial charge in [0, 0.05) is 19.4 Å². The van der Waals surface area contributed by atoms with Crippen LogP contribution in [0.5, 0.6) is 0 Å². The zero-order chi connectivity index (χ0) is 40.7. The van der Waals surface area contributed by atoms with Crippen LogP contribution in [-0.2, 0) is 23.8 Å². The van der Waals surface area contributed by atoms with Crippen molar-refractivity contribution in [3.05, 3.63) is 85.1 Å². The standard InChI is InChI=1S/C51H86O5/c1-4-7-10-13-16-19-21-23-24-25-26-27-28-30-31-33-35-38-41-44-50(52)55-48-49(47-54-46-43-40-37-18-15-12-9-6-3)56-51(53)45-42-39-36-34-32-29-22-20-17-14-11-8-5-2/h7,10,16,19-20,22-24,26-27,30-31,35,38,49H,4-6,8-9,11-15,17-18,21,25,28-29,32-34,36-37,39-48H2,1-3H3/b10-7-,19-16-,22-20-,24-23-,27-26-,31-30-,38-35-. The third-order valence-electron chi connectivity index (χ3n) is 9.43. The van der Waals surface area contributed by atoms with Gasteiger partial charge in [0.1, 0.15) is 6.61 Å². The van der Waals surface area contributed by atoms with E-state index in [1.807, 2.05) is 6.08 Å². The molecule has 1 atom stereocenters. The number of allylic oxidation sites excluding steroid dienone is 14. The number of carbonyl (C=O) groups excluding carboxylic acids is 2. The SMILES string of the molecule is CC/C=C\C/C=C\C/C=C\C/C=C\C/C=C\C/C=C\CCC(=O)OCC(COCCCCCCCCCC)OC(=O)CCCCCCC/C=C\CCCCCC. The summed E-state index contributed by atoms with van der Waals surface area (Å²) >= 11 is 0. The first-order chi connectivity index (χ1) is 27.6. The molecule has 0 fully saturated rings. The summed E-state index contributed by atoms with van der Waals surface area (Å²) in [4.78, 5) is 25.2. The molecule has 1 unspecified atom stereocenters. The lowest BCUT2D eigenvalue weighted by Gasteiger charge is -2.18. The van der Waals surface area contributed by atoms with Crippen molar-refractivity contribution >= 4 is 11.9 Å². The van der Waals surface area contributed by atoms with Crippen LogP contribution in [0.2, 0.25) is 0 Å². The Hall–Kier alpha value is -2.92. The van der Waals surface area contributed by atoms with Gasteiger partial charge in [0.25, 0.3) is 0 Å². The van der Waals surface area contributed by atoms with Crippen molar-refractivity contribution in [2.75, 3.05) is 19.8 Å². The summed E-state index contributed by atoms with van der Waals surface area (Å²) in [7, 11) is 0. The predicted molar refractivity (Wildman–Crippen MR) is 242 cm³/mol. The van der Waals surface area contributed by atoms with E-state index in [4.69, 9.17) is 14.2 Å². The molecular formula is C51H86O5. The highest BCUT2D eigenvalue weighted by molar-refractivity contribution is 5.70. The maximum Gasteiger partial charge on any atom is 0.306 e. The van der Waals surface area contributed by atoms with Crippen LogP contribution in [0.15, 0.2) is 85.1 Å². The third kappa shape index (κ3) is 43.8. The predicted octanol–water partition coefficient (Wildman–Crippen LogP) is 15.3. The molecule has 0 radical (unpaired) electrons. The van der Waals surface area contributed by atoms with Crippen LogP contribution in [0.3, 0.4) is 0 Å². The van der Waals surface area contributed by atoms with E-state index in [0.29, 0.717) is 25.9 Å². The Bertz CT molecular complexity index is 1060. The summed E-state index contributed by atoms with van der Waals surface area (Å²) in [5.41, 5.74) is 0. The summed E-state index contributed by atoms with van der Waals surface area (Å²) in [6.45, 7) is 7.58. The van der Waals surface area contributed by atoms with Crippen molar-refractivity contribution in [1.29, 1.82) is 0 Å². The normalized spacial score (nSPS) is 13.0. The monoisotopic (exact) mass is 779 g/mol. The Morgan fingerprint density at radius 1 is 0.411 bits per heavy atom. The fourth-order valence-corrected chi connectivity index (χ4v) is 6.00. The zero-order valence-corrected chi connectivity index (χ0v) is 36.6. The number of unbranched alkanes of at least 4 members (excludes halogenated alkanes) is 16. The van der Waals surface area contributed by atoms with Gasteiger partial charge < -0.3 is 14.2 Å². The van der Waals surface area contributed by atoms with Crippen LogP contribution < -0.4 is 0 Å². The van der Waals surface area contributed by atoms with Crippen LogP contribution in [-0.4, -0.2) is 37.9 Å². The Labute approximate surface area is 346 Å². The van der Waals surface area contributed by atoms with Crippen LogP contribution in [0, 0.1) is 0 Å². The van der Waals surface area contributed by atoms with Crippen LogP contribution in [0.25, 0.3) is 0 Å². The second-order valence-electron chi connectivity index (χ2n) is 14.9. The molecule has 0 N–H and O–H groups in total. The average molecular weight is 779 g/mol. The first kappa shape index (κ1) is 53.1. The summed E-state index contributed by atoms with van der Waals surface area (Å²) in [5.74, 6) is -0.509. The van der Waals surface area contributed by atoms with Crippen LogP contribution in [0.1, 0.15) is 201 Å². The first-order valence-electron chi connectivity index (χ1n) is 23.1. The van der Waals surface area contributed by atoms with Gasteiger partial charge in [-0.25, -0.2) is 0 Å². The van der Waals surface area contributed by atoms with Crippen molar-refractivity contribution in [3.63, 3.8) is 0 Å². The summed E-state index contributed by atoms with van der Waals surface area (Å²) in [5, 5.41) is 0. The number of hydrogen-bond donors (Lipinski definition) is 0. The molecule has 5 nitrogen and oxygen atoms in total. The molecule has 0 aromatic rings. The molecule has 0 amide bonds. The minimum absolute atomic E-state index is 0.0396. The molecule has 0 aliphatic rings. The largest absolute Gasteiger partial charge is 0.462 e. The fraction of sp³-hybridized carbons (Fsp3) is 0.686. The molecule has 0 rings (SSSR count). The summed E-state index contributed by atoms with van der Waals surface area (Å²) in [6, 6.07) is 0. The lowest BCUT2D eigenvalue weighted by atomic mass is 10.1. The molecule has 320 valence electrons. The van der Waals surface area contributed by atoms with Gasteiger partial charge in [0.15, 0.2) is 6.10 Å². The van der Waals surface area contributed by atoms with E-state index in [1.165, 1.54) is 83.5 Å². The number of rotatable bonds is 41. The van der Waals surface area contributed by atoms with Gasteiger partial charge in [-0.3, -0.25) is 9.59 Å². The molecular weight excluding hydrogens is 693 g/mol. The average Bonchev–Trinajstić information content (AvgIpc) is 3.20. The van der Waals surface area contributed by atoms with Crippen molar-refractivity contribution in [1.82, 2.24) is 0 Å². The van der Waals surface area contributed by atoms with Gasteiger partial charge in [-0.05, 0) is 83.5 Å². The van der Waals surface area contributed by atoms with Crippen LogP contribution in [0.4, 0.5) is 0 Å². The van der Waals surface area contributed by atoms with Gasteiger partial charge >= 0.3 is 11.9 Å². The molecule has 0 saturated heterocycles. The molecule has 0 aromatic heterocycles. The Morgan fingerprint density at radius 2 is 0.839 bits per heavy atom. The topological polar surface area (TPSA) is 61.8 Å². The maximum absolute atomic E-state index is 12.7. The van der Waals surface area contributed by atoms with Crippen molar-refractivity contribution in [3.8, 4) is 0 Å². The van der Waals surface area contributed by atoms with E-state index >= 15 is 0 Å². The molecule has 0 bridgehead atoms. The molecule has 5 heteroatoms. The summed E-state index contributed by atoms with van der Waals surface area (Å²) < 4.78 is 17.2. The van der Waals surface area contributed by atoms with Crippen LogP contribution >= 0.6 is 0 Å². The Kier molecular flexibility index (Phi) is 44.0. The zero-order valence-electron chi connectivity index (χ0n) is 36.6. The van der Waals surface area contributed by atoms with E-state index in [2.05, 4.69) is 99.8 Å². The first-order valence-corrected chi connectivity index (χ1v) is 23.1. The van der Waals surface area contributed by atoms with Crippen molar-refractivity contribution in [2.45, 2.75) is 207 Å². The summed E-state index contributed by atoms with van der Waals surface area (Å²) in [6.07, 6.45) is 60.2. The smallest absolute Gasteiger partial charge is 0.306 e. The molecule has 56 heavy (non-hydrogen) atoms. The highest BCUT2D eigenvalue weighted by atomic mass is 16.6.